The molecule has 0 saturated heterocycles. The standard InChI is InChI=1S/C10H14.C3H4O2/c1-10(2,3)9-7-5-4-6-8-9;1-2-5-3-4/h4-8H,1-3H3;2-3H,1H2. The summed E-state index contributed by atoms with van der Waals surface area (Å²) in [6.07, 6.45) is 1.06. The highest BCUT2D eigenvalue weighted by Crippen LogP contribution is 2.20. The monoisotopic (exact) mass is 206 g/mol. The topological polar surface area (TPSA) is 26.3 Å². The van der Waals surface area contributed by atoms with Gasteiger partial charge in [0.2, 0.25) is 0 Å². The molecule has 0 aromatic heterocycles. The summed E-state index contributed by atoms with van der Waals surface area (Å²) in [5.41, 5.74) is 1.69. The van der Waals surface area contributed by atoms with Gasteiger partial charge in [-0.1, -0.05) is 57.7 Å². The molecule has 0 atom stereocenters. The van der Waals surface area contributed by atoms with E-state index in [2.05, 4.69) is 62.4 Å². The van der Waals surface area contributed by atoms with Crippen LogP contribution in [0.15, 0.2) is 43.2 Å². The third-order valence-electron chi connectivity index (χ3n) is 1.79. The van der Waals surface area contributed by atoms with Crippen LogP contribution >= 0.6 is 0 Å². The molecule has 2 nitrogen and oxygen atoms in total. The van der Waals surface area contributed by atoms with Crippen LogP contribution < -0.4 is 0 Å². The molecule has 15 heavy (non-hydrogen) atoms. The molecule has 0 amide bonds. The molecule has 0 aliphatic rings. The minimum absolute atomic E-state index is 0.293. The minimum atomic E-state index is 0.293. The molecule has 0 aliphatic carbocycles. The van der Waals surface area contributed by atoms with Crippen LogP contribution in [-0.2, 0) is 14.9 Å². The zero-order valence-electron chi connectivity index (χ0n) is 9.57. The van der Waals surface area contributed by atoms with Crippen molar-refractivity contribution in [3.05, 3.63) is 48.7 Å². The molecule has 0 bridgehead atoms. The van der Waals surface area contributed by atoms with Crippen LogP contribution in [0.4, 0.5) is 0 Å². The first-order valence-electron chi connectivity index (χ1n) is 4.78. The van der Waals surface area contributed by atoms with E-state index in [1.807, 2.05) is 0 Å². The normalized spacial score (nSPS) is 9.53. The van der Waals surface area contributed by atoms with Gasteiger partial charge < -0.3 is 4.74 Å². The van der Waals surface area contributed by atoms with Gasteiger partial charge in [0.05, 0.1) is 6.26 Å². The first kappa shape index (κ1) is 13.4. The van der Waals surface area contributed by atoms with Gasteiger partial charge in [-0.3, -0.25) is 4.79 Å². The summed E-state index contributed by atoms with van der Waals surface area (Å²) in [7, 11) is 0. The molecular weight excluding hydrogens is 188 g/mol. The Labute approximate surface area is 91.6 Å². The van der Waals surface area contributed by atoms with Gasteiger partial charge in [0.1, 0.15) is 0 Å². The summed E-state index contributed by atoms with van der Waals surface area (Å²) in [5.74, 6) is 0. The van der Waals surface area contributed by atoms with E-state index in [1.54, 1.807) is 0 Å². The number of hydrogen-bond acceptors (Lipinski definition) is 2. The first-order valence-corrected chi connectivity index (χ1v) is 4.78. The van der Waals surface area contributed by atoms with Crippen molar-refractivity contribution in [1.82, 2.24) is 0 Å². The second-order valence-corrected chi connectivity index (χ2v) is 4.01. The highest BCUT2D eigenvalue weighted by Gasteiger charge is 2.11. The molecule has 0 radical (unpaired) electrons. The molecule has 1 aromatic carbocycles. The van der Waals surface area contributed by atoms with Gasteiger partial charge in [-0.15, -0.1) is 0 Å². The molecule has 1 aromatic rings. The van der Waals surface area contributed by atoms with Crippen LogP contribution in [0.1, 0.15) is 26.3 Å². The lowest BCUT2D eigenvalue weighted by atomic mass is 9.87. The number of ether oxygens (including phenoxy) is 1. The molecule has 0 unspecified atom stereocenters. The maximum Gasteiger partial charge on any atom is 0.297 e. The average molecular weight is 206 g/mol. The Hall–Kier alpha value is -1.57. The summed E-state index contributed by atoms with van der Waals surface area (Å²) in [6, 6.07) is 10.6. The predicted molar refractivity (Wildman–Crippen MR) is 62.5 cm³/mol. The lowest BCUT2D eigenvalue weighted by Gasteiger charge is -2.18. The van der Waals surface area contributed by atoms with Crippen molar-refractivity contribution in [2.24, 2.45) is 0 Å². The van der Waals surface area contributed by atoms with Gasteiger partial charge >= 0.3 is 0 Å². The third kappa shape index (κ3) is 6.49. The average Bonchev–Trinajstić information content (AvgIpc) is 2.20. The number of carbonyl (C=O) groups excluding carboxylic acids is 1. The van der Waals surface area contributed by atoms with E-state index >= 15 is 0 Å². The minimum Gasteiger partial charge on any atom is -0.437 e. The van der Waals surface area contributed by atoms with Gasteiger partial charge in [0.15, 0.2) is 0 Å². The van der Waals surface area contributed by atoms with Gasteiger partial charge in [-0.2, -0.15) is 0 Å². The Morgan fingerprint density at radius 2 is 1.73 bits per heavy atom. The van der Waals surface area contributed by atoms with Crippen molar-refractivity contribution >= 4 is 6.47 Å². The third-order valence-corrected chi connectivity index (χ3v) is 1.79. The van der Waals surface area contributed by atoms with Gasteiger partial charge in [-0.25, -0.2) is 0 Å². The smallest absolute Gasteiger partial charge is 0.297 e. The molecule has 0 saturated carbocycles. The van der Waals surface area contributed by atoms with E-state index in [1.165, 1.54) is 5.56 Å². The molecule has 0 N–H and O–H groups in total. The molecule has 0 heterocycles. The molecule has 1 rings (SSSR count). The Balaban J connectivity index is 0.000000336. The summed E-state index contributed by atoms with van der Waals surface area (Å²) in [5, 5.41) is 0. The van der Waals surface area contributed by atoms with Crippen LogP contribution in [0, 0.1) is 0 Å². The first-order chi connectivity index (χ1) is 7.02. The van der Waals surface area contributed by atoms with Gasteiger partial charge in [-0.05, 0) is 11.0 Å². The van der Waals surface area contributed by atoms with Crippen molar-refractivity contribution in [1.29, 1.82) is 0 Å². The van der Waals surface area contributed by atoms with Crippen LogP contribution in [0.25, 0.3) is 0 Å². The van der Waals surface area contributed by atoms with E-state index in [0.717, 1.165) is 6.26 Å². The summed E-state index contributed by atoms with van der Waals surface area (Å²) in [4.78, 5) is 9.11. The molecular formula is C13H18O2. The van der Waals surface area contributed by atoms with E-state index in [0.29, 0.717) is 11.9 Å². The van der Waals surface area contributed by atoms with Gasteiger partial charge in [0, 0.05) is 0 Å². The predicted octanol–water partition coefficient (Wildman–Crippen LogP) is 3.29. The van der Waals surface area contributed by atoms with E-state index < -0.39 is 0 Å². The van der Waals surface area contributed by atoms with Crippen LogP contribution in [0.5, 0.6) is 0 Å². The number of benzene rings is 1. The van der Waals surface area contributed by atoms with Crippen LogP contribution in [0.2, 0.25) is 0 Å². The van der Waals surface area contributed by atoms with E-state index in [-0.39, 0.29) is 0 Å². The van der Waals surface area contributed by atoms with Crippen molar-refractivity contribution in [2.45, 2.75) is 26.2 Å². The Kier molecular flexibility index (Phi) is 6.11. The molecule has 2 heteroatoms. The maximum atomic E-state index is 9.11. The lowest BCUT2D eigenvalue weighted by molar-refractivity contribution is -0.123. The van der Waals surface area contributed by atoms with Crippen molar-refractivity contribution in [3.63, 3.8) is 0 Å². The Morgan fingerprint density at radius 1 is 1.20 bits per heavy atom. The fourth-order valence-electron chi connectivity index (χ4n) is 0.977. The highest BCUT2D eigenvalue weighted by atomic mass is 16.5. The summed E-state index contributed by atoms with van der Waals surface area (Å²) < 4.78 is 3.92. The number of hydrogen-bond donors (Lipinski definition) is 0. The Morgan fingerprint density at radius 3 is 1.93 bits per heavy atom. The fraction of sp³-hybridized carbons (Fsp3) is 0.308. The SMILES string of the molecule is C=COC=O.CC(C)(C)c1ccccc1. The molecule has 82 valence electrons. The van der Waals surface area contributed by atoms with E-state index in [4.69, 9.17) is 4.79 Å². The summed E-state index contributed by atoms with van der Waals surface area (Å²) >= 11 is 0. The largest absolute Gasteiger partial charge is 0.437 e. The second kappa shape index (κ2) is 6.82. The quantitative estimate of drug-likeness (QED) is 0.548. The van der Waals surface area contributed by atoms with Crippen molar-refractivity contribution in [3.8, 4) is 0 Å². The highest BCUT2D eigenvalue weighted by molar-refractivity contribution is 5.37. The lowest BCUT2D eigenvalue weighted by Crippen LogP contribution is -2.10. The van der Waals surface area contributed by atoms with Crippen LogP contribution in [0.3, 0.4) is 0 Å². The Bertz CT molecular complexity index is 277. The second-order valence-electron chi connectivity index (χ2n) is 4.01. The number of rotatable bonds is 2. The van der Waals surface area contributed by atoms with Crippen molar-refractivity contribution < 1.29 is 9.53 Å². The van der Waals surface area contributed by atoms with Crippen molar-refractivity contribution in [2.75, 3.05) is 0 Å². The summed E-state index contributed by atoms with van der Waals surface area (Å²) in [6.45, 7) is 10.1. The zero-order valence-corrected chi connectivity index (χ0v) is 9.57. The molecule has 0 fully saturated rings. The van der Waals surface area contributed by atoms with Crippen LogP contribution in [-0.4, -0.2) is 6.47 Å². The zero-order chi connectivity index (χ0) is 11.7. The molecule has 0 aliphatic heterocycles. The molecule has 0 spiro atoms. The number of carbonyl (C=O) groups is 1. The van der Waals surface area contributed by atoms with Gasteiger partial charge in [0.25, 0.3) is 6.47 Å². The fourth-order valence-corrected chi connectivity index (χ4v) is 0.977. The van der Waals surface area contributed by atoms with E-state index in [9.17, 15) is 0 Å². The maximum absolute atomic E-state index is 9.11.